The number of piperidine rings is 1. The normalized spacial score (nSPS) is 22.0. The highest BCUT2D eigenvalue weighted by Crippen LogP contribution is 2.44. The minimum atomic E-state index is -0.661. The van der Waals surface area contributed by atoms with Gasteiger partial charge in [0.25, 0.3) is 5.91 Å². The van der Waals surface area contributed by atoms with E-state index in [2.05, 4.69) is 16.3 Å². The lowest BCUT2D eigenvalue weighted by molar-refractivity contribution is -0.144. The second-order valence-electron chi connectivity index (χ2n) is 11.9. The maximum atomic E-state index is 13.0. The van der Waals surface area contributed by atoms with Crippen molar-refractivity contribution in [2.24, 2.45) is 17.8 Å². The van der Waals surface area contributed by atoms with Gasteiger partial charge in [-0.1, -0.05) is 17.7 Å². The smallest absolute Gasteiger partial charge is 0.307 e. The molecule has 1 aliphatic carbocycles. The summed E-state index contributed by atoms with van der Waals surface area (Å²) in [5, 5.41) is 12.6. The van der Waals surface area contributed by atoms with E-state index in [-0.39, 0.29) is 36.1 Å². The molecule has 2 amide bonds. The van der Waals surface area contributed by atoms with Gasteiger partial charge in [-0.3, -0.25) is 14.4 Å². The lowest BCUT2D eigenvalue weighted by Gasteiger charge is -2.35. The van der Waals surface area contributed by atoms with Gasteiger partial charge in [-0.05, 0) is 73.9 Å². The molecule has 10 heteroatoms. The molecule has 220 valence electrons. The summed E-state index contributed by atoms with van der Waals surface area (Å²) < 4.78 is 6.34. The highest BCUT2D eigenvalue weighted by molar-refractivity contribution is 7.14. The van der Waals surface area contributed by atoms with Crippen LogP contribution >= 0.6 is 11.3 Å². The van der Waals surface area contributed by atoms with E-state index < -0.39 is 5.97 Å². The molecule has 2 aliphatic heterocycles. The zero-order chi connectivity index (χ0) is 29.5. The molecular weight excluding hydrogens is 552 g/mol. The number of rotatable bonds is 7. The van der Waals surface area contributed by atoms with Crippen molar-refractivity contribution >= 4 is 34.3 Å². The summed E-state index contributed by atoms with van der Waals surface area (Å²) in [4.78, 5) is 47.3. The van der Waals surface area contributed by atoms with Crippen LogP contribution in [0, 0.1) is 31.6 Å². The van der Waals surface area contributed by atoms with Crippen LogP contribution in [0.25, 0.3) is 11.3 Å². The Morgan fingerprint density at radius 1 is 1.07 bits per heavy atom. The number of carboxylic acid groups (broad SMARTS) is 1. The zero-order valence-corrected chi connectivity index (χ0v) is 25.0. The van der Waals surface area contributed by atoms with Gasteiger partial charge in [-0.25, -0.2) is 4.98 Å². The molecular formula is C32H36N4O5S. The van der Waals surface area contributed by atoms with Gasteiger partial charge < -0.3 is 24.5 Å². The molecule has 1 aromatic heterocycles. The first-order valence-electron chi connectivity index (χ1n) is 14.5. The Balaban J connectivity index is 1.15. The van der Waals surface area contributed by atoms with Crippen LogP contribution in [-0.4, -0.2) is 77.4 Å². The van der Waals surface area contributed by atoms with Crippen LogP contribution in [0.5, 0.6) is 5.75 Å². The number of carbonyl (C=O) groups is 3. The first-order valence-corrected chi connectivity index (χ1v) is 15.4. The van der Waals surface area contributed by atoms with E-state index in [9.17, 15) is 19.5 Å². The highest BCUT2D eigenvalue weighted by atomic mass is 32.1. The van der Waals surface area contributed by atoms with Crippen molar-refractivity contribution < 1.29 is 24.2 Å². The largest absolute Gasteiger partial charge is 0.488 e. The number of thiazole rings is 1. The Labute approximate surface area is 249 Å². The first kappa shape index (κ1) is 28.2. The molecule has 1 unspecified atom stereocenters. The van der Waals surface area contributed by atoms with Gasteiger partial charge >= 0.3 is 5.97 Å². The number of aliphatic carboxylic acids is 1. The van der Waals surface area contributed by atoms with E-state index >= 15 is 0 Å². The molecule has 0 spiro atoms. The molecule has 2 aromatic carbocycles. The number of benzene rings is 2. The van der Waals surface area contributed by atoms with Gasteiger partial charge in [0.2, 0.25) is 5.91 Å². The summed E-state index contributed by atoms with van der Waals surface area (Å²) in [6.07, 6.45) is 1.94. The molecule has 9 nitrogen and oxygen atoms in total. The monoisotopic (exact) mass is 588 g/mol. The Hall–Kier alpha value is -3.92. The summed E-state index contributed by atoms with van der Waals surface area (Å²) in [6, 6.07) is 11.7. The molecule has 3 atom stereocenters. The van der Waals surface area contributed by atoms with Gasteiger partial charge in [0.15, 0.2) is 5.13 Å². The van der Waals surface area contributed by atoms with Crippen LogP contribution in [0.15, 0.2) is 41.8 Å². The topological polar surface area (TPSA) is 103 Å². The molecule has 1 saturated carbocycles. The third-order valence-corrected chi connectivity index (χ3v) is 9.91. The molecule has 3 aromatic rings. The fourth-order valence-electron chi connectivity index (χ4n) is 6.55. The molecule has 42 heavy (non-hydrogen) atoms. The van der Waals surface area contributed by atoms with E-state index in [0.717, 1.165) is 64.8 Å². The van der Waals surface area contributed by atoms with E-state index in [1.54, 1.807) is 34.3 Å². The summed E-state index contributed by atoms with van der Waals surface area (Å²) in [5.74, 6) is 0.0220. The number of carbonyl (C=O) groups excluding carboxylic acids is 2. The molecule has 0 radical (unpaired) electrons. The molecule has 2 saturated heterocycles. The number of ether oxygens (including phenoxy) is 1. The number of aryl methyl sites for hydroxylation is 2. The molecule has 6 rings (SSSR count). The predicted molar refractivity (Wildman–Crippen MR) is 161 cm³/mol. The van der Waals surface area contributed by atoms with E-state index in [0.29, 0.717) is 25.3 Å². The highest BCUT2D eigenvalue weighted by Gasteiger charge is 2.46. The second kappa shape index (κ2) is 11.4. The number of hydrogen-bond donors (Lipinski definition) is 1. The minimum absolute atomic E-state index is 0.0488. The SMILES string of the molecule is Cc1ccc(OCc2ccc(C(=O)N3CCN(C)C(=O)C3)cc2C)c(-c2csc(N3C[C@H]4CC[C@@H](C3)C4C(=O)O)n2)c1. The number of likely N-dealkylation sites (N-methyl/N-ethyl adjacent to an activating group) is 1. The van der Waals surface area contributed by atoms with Crippen LogP contribution < -0.4 is 9.64 Å². The number of hydrogen-bond acceptors (Lipinski definition) is 7. The number of anilines is 1. The van der Waals surface area contributed by atoms with Crippen molar-refractivity contribution in [3.8, 4) is 17.0 Å². The quantitative estimate of drug-likeness (QED) is 0.435. The Morgan fingerprint density at radius 2 is 1.83 bits per heavy atom. The summed E-state index contributed by atoms with van der Waals surface area (Å²) in [7, 11) is 1.76. The van der Waals surface area contributed by atoms with Crippen molar-refractivity contribution in [3.63, 3.8) is 0 Å². The molecule has 2 bridgehead atoms. The summed E-state index contributed by atoms with van der Waals surface area (Å²) in [6.45, 7) is 7.00. The van der Waals surface area contributed by atoms with Crippen LogP contribution in [0.3, 0.4) is 0 Å². The average Bonchev–Trinajstić information content (AvgIpc) is 3.56. The van der Waals surface area contributed by atoms with E-state index in [1.165, 1.54) is 0 Å². The Kier molecular flexibility index (Phi) is 7.66. The maximum Gasteiger partial charge on any atom is 0.307 e. The third kappa shape index (κ3) is 5.47. The second-order valence-corrected chi connectivity index (χ2v) is 12.7. The number of carboxylic acids is 1. The maximum absolute atomic E-state index is 13.0. The average molecular weight is 589 g/mol. The zero-order valence-electron chi connectivity index (χ0n) is 24.2. The molecule has 1 N–H and O–H groups in total. The van der Waals surface area contributed by atoms with Crippen molar-refractivity contribution in [3.05, 3.63) is 64.0 Å². The van der Waals surface area contributed by atoms with Crippen LogP contribution in [0.1, 0.15) is 39.9 Å². The molecule has 3 heterocycles. The van der Waals surface area contributed by atoms with Crippen molar-refractivity contribution in [2.75, 3.05) is 44.7 Å². The fraction of sp³-hybridized carbons (Fsp3) is 0.438. The van der Waals surface area contributed by atoms with Gasteiger partial charge in [0.1, 0.15) is 18.9 Å². The first-order chi connectivity index (χ1) is 20.2. The number of aromatic nitrogens is 1. The molecule has 3 fully saturated rings. The standard InChI is InChI=1S/C32H36N4O5S/c1-19-4-9-27(41-17-24-8-5-21(13-20(24)2)30(38)35-11-10-34(3)28(37)16-35)25(12-19)26-18-42-32(33-26)36-14-22-6-7-23(15-36)29(22)31(39)40/h4-5,8-9,12-13,18,22-23,29H,6-7,10-11,14-17H2,1-3H3,(H,39,40)/t22-,23+,29?. The van der Waals surface area contributed by atoms with Gasteiger partial charge in [-0.15, -0.1) is 11.3 Å². The number of nitrogens with zero attached hydrogens (tertiary/aromatic N) is 4. The van der Waals surface area contributed by atoms with E-state index in [4.69, 9.17) is 9.72 Å². The number of amides is 2. The Bertz CT molecular complexity index is 1520. The van der Waals surface area contributed by atoms with Crippen molar-refractivity contribution in [2.45, 2.75) is 33.3 Å². The lowest BCUT2D eigenvalue weighted by atomic mass is 9.85. The number of fused-ring (bicyclic) bond motifs is 2. The van der Waals surface area contributed by atoms with Crippen molar-refractivity contribution in [1.82, 2.24) is 14.8 Å². The van der Waals surface area contributed by atoms with Crippen molar-refractivity contribution in [1.29, 1.82) is 0 Å². The van der Waals surface area contributed by atoms with Crippen LogP contribution in [0.2, 0.25) is 0 Å². The van der Waals surface area contributed by atoms with Gasteiger partial charge in [0.05, 0.1) is 11.6 Å². The third-order valence-electron chi connectivity index (χ3n) is 9.01. The summed E-state index contributed by atoms with van der Waals surface area (Å²) in [5.41, 5.74) is 5.37. The van der Waals surface area contributed by atoms with E-state index in [1.807, 2.05) is 38.1 Å². The molecule has 3 aliphatic rings. The Morgan fingerprint density at radius 3 is 2.52 bits per heavy atom. The summed E-state index contributed by atoms with van der Waals surface area (Å²) >= 11 is 1.59. The predicted octanol–water partition coefficient (Wildman–Crippen LogP) is 4.47. The minimum Gasteiger partial charge on any atom is -0.488 e. The van der Waals surface area contributed by atoms with Crippen LogP contribution in [0.4, 0.5) is 5.13 Å². The fourth-order valence-corrected chi connectivity index (χ4v) is 7.39. The van der Waals surface area contributed by atoms with Gasteiger partial charge in [-0.2, -0.15) is 0 Å². The van der Waals surface area contributed by atoms with Crippen LogP contribution in [-0.2, 0) is 16.2 Å². The van der Waals surface area contributed by atoms with Gasteiger partial charge in [0, 0.05) is 49.7 Å². The lowest BCUT2D eigenvalue weighted by Crippen LogP contribution is -2.50. The number of piperazine rings is 1.